The number of fused-ring (bicyclic) bond motifs is 1. The second-order valence-corrected chi connectivity index (χ2v) is 10.5. The van der Waals surface area contributed by atoms with Crippen LogP contribution < -0.4 is 27.4 Å². The first-order chi connectivity index (χ1) is 18.5. The number of carboxylic acid groups (broad SMARTS) is 1. The lowest BCUT2D eigenvalue weighted by atomic mass is 9.98. The van der Waals surface area contributed by atoms with Crippen molar-refractivity contribution in [3.8, 4) is 0 Å². The van der Waals surface area contributed by atoms with Gasteiger partial charge in [0.1, 0.15) is 18.1 Å². The minimum atomic E-state index is -1.21. The van der Waals surface area contributed by atoms with Crippen molar-refractivity contribution in [1.82, 2.24) is 20.9 Å². The van der Waals surface area contributed by atoms with Crippen LogP contribution in [0.4, 0.5) is 0 Å². The summed E-state index contributed by atoms with van der Waals surface area (Å²) < 4.78 is 0. The van der Waals surface area contributed by atoms with Crippen molar-refractivity contribution in [1.29, 1.82) is 0 Å². The molecule has 0 radical (unpaired) electrons. The maximum Gasteiger partial charge on any atom is 0.326 e. The highest BCUT2D eigenvalue weighted by Crippen LogP contribution is 2.19. The lowest BCUT2D eigenvalue weighted by Crippen LogP contribution is -2.59. The fraction of sp³-hybridized carbons (Fsp3) is 0.571. The van der Waals surface area contributed by atoms with Crippen LogP contribution in [0, 0.1) is 11.8 Å². The van der Waals surface area contributed by atoms with Gasteiger partial charge in [0, 0.05) is 23.5 Å². The predicted octanol–water partition coefficient (Wildman–Crippen LogP) is 1.41. The van der Waals surface area contributed by atoms with Crippen LogP contribution in [0.25, 0.3) is 10.9 Å². The minimum Gasteiger partial charge on any atom is -0.480 e. The van der Waals surface area contributed by atoms with Gasteiger partial charge in [-0.2, -0.15) is 0 Å². The van der Waals surface area contributed by atoms with E-state index in [9.17, 15) is 24.3 Å². The number of benzene rings is 1. The highest BCUT2D eigenvalue weighted by molar-refractivity contribution is 5.94. The summed E-state index contributed by atoms with van der Waals surface area (Å²) in [6.07, 6.45) is 4.09. The van der Waals surface area contributed by atoms with E-state index < -0.39 is 47.9 Å². The molecule has 11 nitrogen and oxygen atoms in total. The van der Waals surface area contributed by atoms with Crippen LogP contribution in [-0.4, -0.2) is 64.5 Å². The second-order valence-electron chi connectivity index (χ2n) is 10.5. The topological polar surface area (TPSA) is 192 Å². The first-order valence-corrected chi connectivity index (χ1v) is 13.6. The molecule has 216 valence electrons. The first kappa shape index (κ1) is 31.8. The molecule has 0 saturated heterocycles. The fourth-order valence-electron chi connectivity index (χ4n) is 4.31. The van der Waals surface area contributed by atoms with E-state index in [1.165, 1.54) is 0 Å². The number of hydrogen-bond donors (Lipinski definition) is 7. The molecule has 5 unspecified atom stereocenters. The number of nitrogens with two attached hydrogens (primary N) is 2. The summed E-state index contributed by atoms with van der Waals surface area (Å²) in [5.74, 6) is -3.19. The second kappa shape index (κ2) is 15.2. The van der Waals surface area contributed by atoms with Crippen molar-refractivity contribution in [3.05, 3.63) is 36.0 Å². The molecular formula is C28H44N6O5. The molecule has 0 spiro atoms. The van der Waals surface area contributed by atoms with Gasteiger partial charge < -0.3 is 37.5 Å². The molecule has 0 saturated carbocycles. The summed E-state index contributed by atoms with van der Waals surface area (Å²) in [6.45, 7) is 7.74. The van der Waals surface area contributed by atoms with Crippen LogP contribution in [0.2, 0.25) is 0 Å². The van der Waals surface area contributed by atoms with E-state index in [1.54, 1.807) is 20.0 Å². The Morgan fingerprint density at radius 3 is 2.23 bits per heavy atom. The van der Waals surface area contributed by atoms with E-state index in [0.717, 1.165) is 16.5 Å². The van der Waals surface area contributed by atoms with Crippen LogP contribution in [0.3, 0.4) is 0 Å². The Balaban J connectivity index is 2.15. The molecule has 1 aromatic carbocycles. The molecule has 0 aliphatic heterocycles. The molecule has 1 aromatic heterocycles. The van der Waals surface area contributed by atoms with Crippen molar-refractivity contribution < 1.29 is 24.3 Å². The predicted molar refractivity (Wildman–Crippen MR) is 151 cm³/mol. The van der Waals surface area contributed by atoms with E-state index >= 15 is 0 Å². The Bertz CT molecular complexity index is 1120. The van der Waals surface area contributed by atoms with Crippen molar-refractivity contribution in [2.45, 2.75) is 84.0 Å². The number of para-hydroxylation sites is 1. The van der Waals surface area contributed by atoms with Crippen molar-refractivity contribution in [3.63, 3.8) is 0 Å². The quantitative estimate of drug-likeness (QED) is 0.155. The van der Waals surface area contributed by atoms with Crippen LogP contribution >= 0.6 is 0 Å². The Morgan fingerprint density at radius 2 is 1.62 bits per heavy atom. The maximum atomic E-state index is 13.3. The summed E-state index contributed by atoms with van der Waals surface area (Å²) in [4.78, 5) is 54.4. The lowest BCUT2D eigenvalue weighted by Gasteiger charge is -2.27. The SMILES string of the molecule is CCC(C)C(N)C(=O)NC(CCCCN)C(=O)NC(C(=O)NC(Cc1c[nH]c2ccccc12)C(=O)O)C(C)C. The fourth-order valence-corrected chi connectivity index (χ4v) is 4.31. The minimum absolute atomic E-state index is 0.0646. The molecular weight excluding hydrogens is 500 g/mol. The van der Waals surface area contributed by atoms with Crippen LogP contribution in [0.5, 0.6) is 0 Å². The third-order valence-corrected chi connectivity index (χ3v) is 7.10. The third kappa shape index (κ3) is 9.07. The van der Waals surface area contributed by atoms with E-state index in [4.69, 9.17) is 11.5 Å². The van der Waals surface area contributed by atoms with Crippen molar-refractivity contribution in [2.24, 2.45) is 23.3 Å². The molecule has 2 rings (SSSR count). The molecule has 11 heteroatoms. The van der Waals surface area contributed by atoms with E-state index in [0.29, 0.717) is 32.2 Å². The Kier molecular flexibility index (Phi) is 12.4. The standard InChI is InChI=1S/C28H44N6O5/c1-5-17(4)23(30)26(36)32-21(12-8-9-13-29)25(35)34-24(16(2)3)27(37)33-22(28(38)39)14-18-15-31-20-11-7-6-10-19(18)20/h6-7,10-11,15-17,21-24,31H,5,8-9,12-14,29-30H2,1-4H3,(H,32,36)(H,33,37)(H,34,35)(H,38,39). The number of aromatic amines is 1. The molecule has 9 N–H and O–H groups in total. The van der Waals surface area contributed by atoms with Gasteiger partial charge in [-0.05, 0) is 49.3 Å². The Hall–Kier alpha value is -3.44. The zero-order valence-corrected chi connectivity index (χ0v) is 23.3. The van der Waals surface area contributed by atoms with Crippen LogP contribution in [0.1, 0.15) is 58.9 Å². The van der Waals surface area contributed by atoms with E-state index in [-0.39, 0.29) is 18.3 Å². The zero-order chi connectivity index (χ0) is 29.1. The van der Waals surface area contributed by atoms with Gasteiger partial charge in [-0.1, -0.05) is 52.3 Å². The first-order valence-electron chi connectivity index (χ1n) is 13.6. The van der Waals surface area contributed by atoms with Gasteiger partial charge in [0.2, 0.25) is 17.7 Å². The van der Waals surface area contributed by atoms with E-state index in [1.807, 2.05) is 38.1 Å². The summed E-state index contributed by atoms with van der Waals surface area (Å²) in [6, 6.07) is 3.60. The summed E-state index contributed by atoms with van der Waals surface area (Å²) >= 11 is 0. The monoisotopic (exact) mass is 544 g/mol. The number of H-pyrrole nitrogens is 1. The van der Waals surface area contributed by atoms with Gasteiger partial charge in [0.15, 0.2) is 0 Å². The summed E-state index contributed by atoms with van der Waals surface area (Å²) in [5.41, 5.74) is 13.3. The highest BCUT2D eigenvalue weighted by Gasteiger charge is 2.32. The van der Waals surface area contributed by atoms with E-state index in [2.05, 4.69) is 20.9 Å². The van der Waals surface area contributed by atoms with Gasteiger partial charge in [-0.25, -0.2) is 4.79 Å². The number of amides is 3. The van der Waals surface area contributed by atoms with Crippen LogP contribution in [0.15, 0.2) is 30.5 Å². The van der Waals surface area contributed by atoms with Crippen LogP contribution in [-0.2, 0) is 25.6 Å². The van der Waals surface area contributed by atoms with Crippen molar-refractivity contribution in [2.75, 3.05) is 6.54 Å². The number of carboxylic acids is 1. The molecule has 3 amide bonds. The number of nitrogens with one attached hydrogen (secondary N) is 4. The number of hydrogen-bond acceptors (Lipinski definition) is 6. The Morgan fingerprint density at radius 1 is 0.949 bits per heavy atom. The highest BCUT2D eigenvalue weighted by atomic mass is 16.4. The number of aliphatic carboxylic acids is 1. The molecule has 2 aromatic rings. The number of carbonyl (C=O) groups is 4. The summed E-state index contributed by atoms with van der Waals surface area (Å²) in [7, 11) is 0. The van der Waals surface area contributed by atoms with Gasteiger partial charge in [0.05, 0.1) is 6.04 Å². The molecule has 0 bridgehead atoms. The van der Waals surface area contributed by atoms with Gasteiger partial charge >= 0.3 is 5.97 Å². The molecule has 5 atom stereocenters. The zero-order valence-electron chi connectivity index (χ0n) is 23.3. The average Bonchev–Trinajstić information content (AvgIpc) is 3.32. The molecule has 0 aliphatic rings. The Labute approximate surface area is 229 Å². The number of carbonyl (C=O) groups excluding carboxylic acids is 3. The number of aromatic nitrogens is 1. The third-order valence-electron chi connectivity index (χ3n) is 7.10. The lowest BCUT2D eigenvalue weighted by molar-refractivity contribution is -0.142. The average molecular weight is 545 g/mol. The van der Waals surface area contributed by atoms with Gasteiger partial charge in [-0.15, -0.1) is 0 Å². The molecule has 39 heavy (non-hydrogen) atoms. The summed E-state index contributed by atoms with van der Waals surface area (Å²) in [5, 5.41) is 18.8. The molecule has 0 fully saturated rings. The largest absolute Gasteiger partial charge is 0.480 e. The maximum absolute atomic E-state index is 13.3. The normalized spacial score (nSPS) is 15.3. The molecule has 0 aliphatic carbocycles. The number of rotatable bonds is 16. The number of unbranched alkanes of at least 4 members (excludes halogenated alkanes) is 1. The molecule has 1 heterocycles. The van der Waals surface area contributed by atoms with Gasteiger partial charge in [0.25, 0.3) is 0 Å². The van der Waals surface area contributed by atoms with Crippen molar-refractivity contribution >= 4 is 34.6 Å². The smallest absolute Gasteiger partial charge is 0.326 e. The van der Waals surface area contributed by atoms with Gasteiger partial charge in [-0.3, -0.25) is 14.4 Å².